The summed E-state index contributed by atoms with van der Waals surface area (Å²) in [5, 5.41) is 6.69. The first kappa shape index (κ1) is 15.9. The smallest absolute Gasteiger partial charge is 0.223 e. The number of hydrogen-bond acceptors (Lipinski definition) is 5. The van der Waals surface area contributed by atoms with Crippen molar-refractivity contribution < 1.29 is 0 Å². The molecule has 0 amide bonds. The number of anilines is 3. The fourth-order valence-electron chi connectivity index (χ4n) is 2.99. The van der Waals surface area contributed by atoms with Crippen molar-refractivity contribution in [2.45, 2.75) is 52.4 Å². The van der Waals surface area contributed by atoms with Gasteiger partial charge >= 0.3 is 0 Å². The van der Waals surface area contributed by atoms with Gasteiger partial charge in [0, 0.05) is 19.2 Å². The van der Waals surface area contributed by atoms with Crippen LogP contribution in [0.4, 0.5) is 17.6 Å². The van der Waals surface area contributed by atoms with Gasteiger partial charge in [-0.3, -0.25) is 0 Å². The standard InChI is InChI=1S/C16H29N5/c1-3-9-18-14-10-15(21-16(17)20-14)19-11-13-7-5-12(4-2)6-8-13/h10,12-13H,3-9,11H2,1-2H3,(H4,17,18,19,20,21). The van der Waals surface area contributed by atoms with Crippen LogP contribution in [0.15, 0.2) is 6.07 Å². The molecule has 1 heterocycles. The summed E-state index contributed by atoms with van der Waals surface area (Å²) in [4.78, 5) is 8.48. The van der Waals surface area contributed by atoms with Crippen molar-refractivity contribution in [1.82, 2.24) is 9.97 Å². The molecule has 21 heavy (non-hydrogen) atoms. The normalized spacial score (nSPS) is 22.0. The van der Waals surface area contributed by atoms with Crippen LogP contribution in [0.1, 0.15) is 52.4 Å². The van der Waals surface area contributed by atoms with Crippen molar-refractivity contribution in [3.8, 4) is 0 Å². The van der Waals surface area contributed by atoms with Crippen LogP contribution in [0.25, 0.3) is 0 Å². The molecule has 0 bridgehead atoms. The molecule has 1 aliphatic rings. The van der Waals surface area contributed by atoms with E-state index in [0.29, 0.717) is 5.95 Å². The lowest BCUT2D eigenvalue weighted by molar-refractivity contribution is 0.278. The number of nitrogens with zero attached hydrogens (tertiary/aromatic N) is 2. The molecule has 5 heteroatoms. The number of hydrogen-bond donors (Lipinski definition) is 3. The highest BCUT2D eigenvalue weighted by molar-refractivity contribution is 5.50. The molecule has 1 aliphatic carbocycles. The molecular weight excluding hydrogens is 262 g/mol. The third kappa shape index (κ3) is 5.06. The highest BCUT2D eigenvalue weighted by Gasteiger charge is 2.19. The predicted octanol–water partition coefficient (Wildman–Crippen LogP) is 3.51. The molecule has 0 unspecified atom stereocenters. The zero-order valence-electron chi connectivity index (χ0n) is 13.4. The van der Waals surface area contributed by atoms with Gasteiger partial charge in [-0.25, -0.2) is 0 Å². The largest absolute Gasteiger partial charge is 0.370 e. The van der Waals surface area contributed by atoms with Gasteiger partial charge < -0.3 is 16.4 Å². The third-order valence-corrected chi connectivity index (χ3v) is 4.42. The van der Waals surface area contributed by atoms with Gasteiger partial charge in [-0.15, -0.1) is 0 Å². The van der Waals surface area contributed by atoms with Crippen LogP contribution in [-0.4, -0.2) is 23.1 Å². The first-order valence-corrected chi connectivity index (χ1v) is 8.33. The lowest BCUT2D eigenvalue weighted by atomic mass is 9.81. The molecule has 0 radical (unpaired) electrons. The van der Waals surface area contributed by atoms with Gasteiger partial charge in [-0.1, -0.05) is 33.1 Å². The average molecular weight is 291 g/mol. The second kappa shape index (κ2) is 8.05. The van der Waals surface area contributed by atoms with E-state index in [4.69, 9.17) is 5.73 Å². The number of nitrogens with one attached hydrogen (secondary N) is 2. The van der Waals surface area contributed by atoms with E-state index < -0.39 is 0 Å². The Bertz CT molecular complexity index is 427. The maximum atomic E-state index is 5.77. The zero-order valence-corrected chi connectivity index (χ0v) is 13.4. The number of nitrogen functional groups attached to an aromatic ring is 1. The highest BCUT2D eigenvalue weighted by atomic mass is 15.1. The monoisotopic (exact) mass is 291 g/mol. The highest BCUT2D eigenvalue weighted by Crippen LogP contribution is 2.30. The molecule has 2 rings (SSSR count). The summed E-state index contributed by atoms with van der Waals surface area (Å²) >= 11 is 0. The van der Waals surface area contributed by atoms with Gasteiger partial charge in [0.25, 0.3) is 0 Å². The first-order valence-electron chi connectivity index (χ1n) is 8.33. The molecular formula is C16H29N5. The van der Waals surface area contributed by atoms with Gasteiger partial charge in [0.2, 0.25) is 5.95 Å². The van der Waals surface area contributed by atoms with Crippen LogP contribution >= 0.6 is 0 Å². The molecule has 1 saturated carbocycles. The maximum Gasteiger partial charge on any atom is 0.223 e. The van der Waals surface area contributed by atoms with Crippen LogP contribution in [0.2, 0.25) is 0 Å². The quantitative estimate of drug-likeness (QED) is 0.716. The van der Waals surface area contributed by atoms with Crippen molar-refractivity contribution in [2.75, 3.05) is 29.5 Å². The van der Waals surface area contributed by atoms with Gasteiger partial charge in [-0.05, 0) is 31.1 Å². The second-order valence-electron chi connectivity index (χ2n) is 6.10. The predicted molar refractivity (Wildman–Crippen MR) is 89.5 cm³/mol. The van der Waals surface area contributed by atoms with Gasteiger partial charge in [0.1, 0.15) is 11.6 Å². The van der Waals surface area contributed by atoms with Crippen molar-refractivity contribution in [1.29, 1.82) is 0 Å². The molecule has 0 aliphatic heterocycles. The SMILES string of the molecule is CCCNc1cc(NCC2CCC(CC)CC2)nc(N)n1. The summed E-state index contributed by atoms with van der Waals surface area (Å²) in [5.74, 6) is 3.67. The molecule has 118 valence electrons. The zero-order chi connectivity index (χ0) is 15.1. The minimum atomic E-state index is 0.327. The maximum absolute atomic E-state index is 5.77. The minimum Gasteiger partial charge on any atom is -0.370 e. The summed E-state index contributed by atoms with van der Waals surface area (Å²) in [6.45, 7) is 6.32. The van der Waals surface area contributed by atoms with Crippen LogP contribution in [0.3, 0.4) is 0 Å². The molecule has 1 aromatic heterocycles. The topological polar surface area (TPSA) is 75.9 Å². The molecule has 0 saturated heterocycles. The Morgan fingerprint density at radius 2 is 1.67 bits per heavy atom. The fourth-order valence-corrected chi connectivity index (χ4v) is 2.99. The molecule has 0 aromatic carbocycles. The van der Waals surface area contributed by atoms with Crippen LogP contribution < -0.4 is 16.4 Å². The lowest BCUT2D eigenvalue weighted by Crippen LogP contribution is -2.21. The Hall–Kier alpha value is -1.52. The summed E-state index contributed by atoms with van der Waals surface area (Å²) in [7, 11) is 0. The number of aromatic nitrogens is 2. The van der Waals surface area contributed by atoms with Crippen molar-refractivity contribution in [3.05, 3.63) is 6.07 Å². The number of nitrogens with two attached hydrogens (primary N) is 1. The molecule has 0 spiro atoms. The van der Waals surface area contributed by atoms with Crippen LogP contribution in [0, 0.1) is 11.8 Å². The Morgan fingerprint density at radius 1 is 1.05 bits per heavy atom. The van der Waals surface area contributed by atoms with E-state index in [0.717, 1.165) is 43.0 Å². The summed E-state index contributed by atoms with van der Waals surface area (Å²) in [5.41, 5.74) is 5.77. The van der Waals surface area contributed by atoms with E-state index in [1.54, 1.807) is 0 Å². The van der Waals surface area contributed by atoms with E-state index in [-0.39, 0.29) is 0 Å². The second-order valence-corrected chi connectivity index (χ2v) is 6.10. The van der Waals surface area contributed by atoms with Crippen LogP contribution in [0.5, 0.6) is 0 Å². The van der Waals surface area contributed by atoms with E-state index in [1.807, 2.05) is 6.07 Å². The van der Waals surface area contributed by atoms with Gasteiger partial charge in [-0.2, -0.15) is 9.97 Å². The van der Waals surface area contributed by atoms with Crippen molar-refractivity contribution in [2.24, 2.45) is 11.8 Å². The Balaban J connectivity index is 1.84. The van der Waals surface area contributed by atoms with E-state index in [2.05, 4.69) is 34.4 Å². The fraction of sp³-hybridized carbons (Fsp3) is 0.750. The molecule has 1 aromatic rings. The van der Waals surface area contributed by atoms with Crippen molar-refractivity contribution >= 4 is 17.6 Å². The van der Waals surface area contributed by atoms with Gasteiger partial charge in [0.05, 0.1) is 0 Å². The molecule has 4 N–H and O–H groups in total. The third-order valence-electron chi connectivity index (χ3n) is 4.42. The van der Waals surface area contributed by atoms with E-state index >= 15 is 0 Å². The molecule has 5 nitrogen and oxygen atoms in total. The Kier molecular flexibility index (Phi) is 6.08. The minimum absolute atomic E-state index is 0.327. The van der Waals surface area contributed by atoms with Gasteiger partial charge in [0.15, 0.2) is 0 Å². The summed E-state index contributed by atoms with van der Waals surface area (Å²) in [6, 6.07) is 1.95. The first-order chi connectivity index (χ1) is 10.2. The molecule has 1 fully saturated rings. The van der Waals surface area contributed by atoms with Crippen molar-refractivity contribution in [3.63, 3.8) is 0 Å². The van der Waals surface area contributed by atoms with Crippen LogP contribution in [-0.2, 0) is 0 Å². The summed E-state index contributed by atoms with van der Waals surface area (Å²) < 4.78 is 0. The number of rotatable bonds is 7. The molecule has 0 atom stereocenters. The Morgan fingerprint density at radius 3 is 2.29 bits per heavy atom. The average Bonchev–Trinajstić information content (AvgIpc) is 2.51. The van der Waals surface area contributed by atoms with E-state index in [9.17, 15) is 0 Å². The lowest BCUT2D eigenvalue weighted by Gasteiger charge is -2.28. The Labute approximate surface area is 128 Å². The van der Waals surface area contributed by atoms with E-state index in [1.165, 1.54) is 32.1 Å². The summed E-state index contributed by atoms with van der Waals surface area (Å²) in [6.07, 6.45) is 7.79.